The van der Waals surface area contributed by atoms with E-state index < -0.39 is 4.92 Å². The van der Waals surface area contributed by atoms with E-state index in [0.29, 0.717) is 18.3 Å². The van der Waals surface area contributed by atoms with Gasteiger partial charge in [-0.2, -0.15) is 11.8 Å². The Morgan fingerprint density at radius 2 is 2.00 bits per heavy atom. The predicted molar refractivity (Wildman–Crippen MR) is 81.4 cm³/mol. The smallest absolute Gasteiger partial charge is 0.353 e. The van der Waals surface area contributed by atoms with Crippen molar-refractivity contribution in [3.63, 3.8) is 0 Å². The minimum atomic E-state index is -0.433. The summed E-state index contributed by atoms with van der Waals surface area (Å²) in [4.78, 5) is 18.7. The van der Waals surface area contributed by atoms with Crippen LogP contribution in [0.3, 0.4) is 0 Å². The molecule has 1 aliphatic heterocycles. The van der Waals surface area contributed by atoms with Crippen molar-refractivity contribution in [2.24, 2.45) is 5.92 Å². The van der Waals surface area contributed by atoms with Crippen LogP contribution in [0.5, 0.6) is 0 Å². The molecule has 7 nitrogen and oxygen atoms in total. The summed E-state index contributed by atoms with van der Waals surface area (Å²) in [5.74, 6) is 3.48. The second-order valence-corrected chi connectivity index (χ2v) is 5.87. The lowest BCUT2D eigenvalue weighted by molar-refractivity contribution is -0.383. The zero-order chi connectivity index (χ0) is 14.4. The zero-order valence-corrected chi connectivity index (χ0v) is 12.3. The van der Waals surface area contributed by atoms with E-state index in [0.717, 1.165) is 19.4 Å². The summed E-state index contributed by atoms with van der Waals surface area (Å²) >= 11 is 1.97. The van der Waals surface area contributed by atoms with Crippen LogP contribution < -0.4 is 10.6 Å². The van der Waals surface area contributed by atoms with Crippen molar-refractivity contribution in [3.8, 4) is 0 Å². The van der Waals surface area contributed by atoms with Gasteiger partial charge in [-0.15, -0.1) is 0 Å². The van der Waals surface area contributed by atoms with Gasteiger partial charge in [0.2, 0.25) is 11.6 Å². The third kappa shape index (κ3) is 3.72. The molecule has 0 aromatic carbocycles. The van der Waals surface area contributed by atoms with Gasteiger partial charge < -0.3 is 10.6 Å². The van der Waals surface area contributed by atoms with Gasteiger partial charge in [0.1, 0.15) is 6.33 Å². The predicted octanol–water partition coefficient (Wildman–Crippen LogP) is 2.37. The van der Waals surface area contributed by atoms with Gasteiger partial charge in [-0.1, -0.05) is 0 Å². The van der Waals surface area contributed by atoms with E-state index in [1.54, 1.807) is 0 Å². The average Bonchev–Trinajstić information content (AvgIpc) is 2.46. The first-order valence-corrected chi connectivity index (χ1v) is 7.92. The summed E-state index contributed by atoms with van der Waals surface area (Å²) in [5.41, 5.74) is -0.0699. The van der Waals surface area contributed by atoms with Crippen LogP contribution in [-0.2, 0) is 0 Å². The summed E-state index contributed by atoms with van der Waals surface area (Å²) in [6.07, 6.45) is 3.65. The van der Waals surface area contributed by atoms with Crippen LogP contribution in [0.25, 0.3) is 0 Å². The third-order valence-electron chi connectivity index (χ3n) is 3.25. The molecule has 20 heavy (non-hydrogen) atoms. The number of hydrogen-bond acceptors (Lipinski definition) is 7. The number of aromatic nitrogens is 2. The number of nitrogens with zero attached hydrogens (tertiary/aromatic N) is 3. The highest BCUT2D eigenvalue weighted by Crippen LogP contribution is 2.30. The van der Waals surface area contributed by atoms with Gasteiger partial charge in [-0.3, -0.25) is 10.1 Å². The first-order chi connectivity index (χ1) is 9.72. The lowest BCUT2D eigenvalue weighted by atomic mass is 10.0. The van der Waals surface area contributed by atoms with E-state index in [9.17, 15) is 10.1 Å². The molecule has 0 radical (unpaired) electrons. The Bertz CT molecular complexity index is 465. The van der Waals surface area contributed by atoms with E-state index in [1.165, 1.54) is 17.8 Å². The summed E-state index contributed by atoms with van der Waals surface area (Å²) in [6.45, 7) is 3.18. The van der Waals surface area contributed by atoms with Gasteiger partial charge in [-0.25, -0.2) is 9.97 Å². The van der Waals surface area contributed by atoms with Crippen molar-refractivity contribution in [1.82, 2.24) is 9.97 Å². The van der Waals surface area contributed by atoms with Crippen molar-refractivity contribution in [2.75, 3.05) is 35.2 Å². The molecule has 0 amide bonds. The van der Waals surface area contributed by atoms with Crippen molar-refractivity contribution < 1.29 is 4.92 Å². The molecule has 2 heterocycles. The Kier molecular flexibility index (Phi) is 5.40. The van der Waals surface area contributed by atoms with Crippen LogP contribution in [0, 0.1) is 16.0 Å². The normalized spacial score (nSPS) is 15.8. The monoisotopic (exact) mass is 297 g/mol. The highest BCUT2D eigenvalue weighted by molar-refractivity contribution is 7.99. The summed E-state index contributed by atoms with van der Waals surface area (Å²) in [7, 11) is 0. The van der Waals surface area contributed by atoms with Gasteiger partial charge in [0.05, 0.1) is 4.92 Å². The molecule has 1 fully saturated rings. The Morgan fingerprint density at radius 1 is 1.35 bits per heavy atom. The molecule has 0 spiro atoms. The fourth-order valence-electron chi connectivity index (χ4n) is 2.17. The topological polar surface area (TPSA) is 93.0 Å². The van der Waals surface area contributed by atoms with Crippen LogP contribution in [0.1, 0.15) is 19.8 Å². The lowest BCUT2D eigenvalue weighted by Gasteiger charge is -2.21. The summed E-state index contributed by atoms with van der Waals surface area (Å²) in [6, 6.07) is 0. The van der Waals surface area contributed by atoms with E-state index >= 15 is 0 Å². The first-order valence-electron chi connectivity index (χ1n) is 6.77. The quantitative estimate of drug-likeness (QED) is 0.615. The molecule has 0 aliphatic carbocycles. The second kappa shape index (κ2) is 7.28. The molecule has 1 aromatic heterocycles. The molecule has 0 atom stereocenters. The van der Waals surface area contributed by atoms with Gasteiger partial charge in [0.15, 0.2) is 0 Å². The number of thioether (sulfide) groups is 1. The number of rotatable bonds is 6. The van der Waals surface area contributed by atoms with E-state index in [1.807, 2.05) is 18.7 Å². The van der Waals surface area contributed by atoms with Gasteiger partial charge in [0.25, 0.3) is 0 Å². The highest BCUT2D eigenvalue weighted by atomic mass is 32.2. The number of hydrogen-bond donors (Lipinski definition) is 2. The van der Waals surface area contributed by atoms with Crippen LogP contribution in [0.2, 0.25) is 0 Å². The second-order valence-electron chi connectivity index (χ2n) is 4.64. The minimum Gasteiger partial charge on any atom is -0.364 e. The molecule has 0 unspecified atom stereocenters. The maximum absolute atomic E-state index is 11.2. The van der Waals surface area contributed by atoms with E-state index in [2.05, 4.69) is 20.6 Å². The minimum absolute atomic E-state index is 0.0699. The van der Waals surface area contributed by atoms with Gasteiger partial charge >= 0.3 is 5.69 Å². The molecule has 1 aliphatic rings. The molecule has 0 bridgehead atoms. The Balaban J connectivity index is 2.09. The van der Waals surface area contributed by atoms with Crippen LogP contribution in [0.15, 0.2) is 6.33 Å². The molecule has 2 N–H and O–H groups in total. The van der Waals surface area contributed by atoms with Crippen LogP contribution in [0.4, 0.5) is 17.3 Å². The van der Waals surface area contributed by atoms with Crippen molar-refractivity contribution in [1.29, 1.82) is 0 Å². The Hall–Kier alpha value is -1.57. The molecule has 2 rings (SSSR count). The van der Waals surface area contributed by atoms with E-state index in [-0.39, 0.29) is 11.5 Å². The summed E-state index contributed by atoms with van der Waals surface area (Å²) < 4.78 is 0. The molecule has 1 saturated heterocycles. The van der Waals surface area contributed by atoms with E-state index in [4.69, 9.17) is 0 Å². The average molecular weight is 297 g/mol. The summed E-state index contributed by atoms with van der Waals surface area (Å²) in [5, 5.41) is 17.2. The largest absolute Gasteiger partial charge is 0.364 e. The van der Waals surface area contributed by atoms with Crippen LogP contribution in [-0.4, -0.2) is 39.5 Å². The Morgan fingerprint density at radius 3 is 2.60 bits per heavy atom. The number of anilines is 2. The number of nitrogens with one attached hydrogen (secondary N) is 2. The molecule has 110 valence electrons. The van der Waals surface area contributed by atoms with Crippen molar-refractivity contribution in [3.05, 3.63) is 16.4 Å². The van der Waals surface area contributed by atoms with Gasteiger partial charge in [0, 0.05) is 13.1 Å². The highest BCUT2D eigenvalue weighted by Gasteiger charge is 2.23. The molecular formula is C12H19N5O2S. The standard InChI is InChI=1S/C12H19N5O2S/c1-2-13-11-10(17(18)19)12(16-8-15-11)14-7-9-3-5-20-6-4-9/h8-9H,2-7H2,1H3,(H2,13,14,15,16). The fourth-order valence-corrected chi connectivity index (χ4v) is 3.37. The Labute approximate surface area is 122 Å². The SMILES string of the molecule is CCNc1ncnc(NCC2CCSCC2)c1[N+](=O)[O-]. The van der Waals surface area contributed by atoms with Crippen LogP contribution >= 0.6 is 11.8 Å². The first kappa shape index (κ1) is 14.8. The van der Waals surface area contributed by atoms with Crippen molar-refractivity contribution >= 4 is 29.1 Å². The molecular weight excluding hydrogens is 278 g/mol. The molecule has 0 saturated carbocycles. The fraction of sp³-hybridized carbons (Fsp3) is 0.667. The van der Waals surface area contributed by atoms with Crippen molar-refractivity contribution in [2.45, 2.75) is 19.8 Å². The lowest BCUT2D eigenvalue weighted by Crippen LogP contribution is -2.20. The zero-order valence-electron chi connectivity index (χ0n) is 11.5. The maximum Gasteiger partial charge on any atom is 0.353 e. The molecule has 1 aromatic rings. The van der Waals surface area contributed by atoms with Gasteiger partial charge in [-0.05, 0) is 37.2 Å². The number of nitro groups is 1. The maximum atomic E-state index is 11.2. The third-order valence-corrected chi connectivity index (χ3v) is 4.30. The molecule has 8 heteroatoms.